The van der Waals surface area contributed by atoms with Crippen LogP contribution in [0.25, 0.3) is 11.0 Å². The van der Waals surface area contributed by atoms with E-state index in [-0.39, 0.29) is 22.7 Å². The van der Waals surface area contributed by atoms with Crippen molar-refractivity contribution >= 4 is 28.3 Å². The quantitative estimate of drug-likeness (QED) is 0.433. The van der Waals surface area contributed by atoms with Crippen molar-refractivity contribution in [3.8, 4) is 11.5 Å². The van der Waals surface area contributed by atoms with Gasteiger partial charge < -0.3 is 38.9 Å². The molecule has 1 amide bonds. The average molecular weight is 446 g/mol. The molecule has 0 radical (unpaired) electrons. The van der Waals surface area contributed by atoms with Crippen LogP contribution in [0.2, 0.25) is 0 Å². The molecule has 11 heteroatoms. The molecule has 4 rings (SSSR count). The summed E-state index contributed by atoms with van der Waals surface area (Å²) < 4.78 is 15.9. The highest BCUT2D eigenvalue weighted by Gasteiger charge is 2.54. The summed E-state index contributed by atoms with van der Waals surface area (Å²) in [5.41, 5.74) is -2.94. The maximum Gasteiger partial charge on any atom is 0.360 e. The highest BCUT2D eigenvalue weighted by Crippen LogP contribution is 2.36. The van der Waals surface area contributed by atoms with E-state index in [4.69, 9.17) is 18.7 Å². The van der Waals surface area contributed by atoms with E-state index in [9.17, 15) is 24.9 Å². The van der Waals surface area contributed by atoms with Gasteiger partial charge in [0.2, 0.25) is 5.75 Å². The Morgan fingerprint density at radius 3 is 2.69 bits per heavy atom. The average Bonchev–Trinajstić information content (AvgIpc) is 2.79. The highest BCUT2D eigenvalue weighted by atomic mass is 16.7. The lowest BCUT2D eigenvalue weighted by Gasteiger charge is -2.43. The van der Waals surface area contributed by atoms with Crippen LogP contribution < -0.4 is 20.0 Å². The zero-order chi connectivity index (χ0) is 23.2. The Bertz CT molecular complexity index is 1190. The molecule has 1 aliphatic carbocycles. The van der Waals surface area contributed by atoms with E-state index in [2.05, 4.69) is 5.16 Å². The molecule has 0 saturated heterocycles. The SMILES string of the molecule is COc1ccc2cc(N(C)C(=O)C3=NO[C@@H]4[C@H](O)C=C[C@@H](O)[C@@]4(O)C3)c(=O)oc2c1OC. The van der Waals surface area contributed by atoms with Crippen LogP contribution in [0.3, 0.4) is 0 Å². The van der Waals surface area contributed by atoms with Crippen molar-refractivity contribution in [2.75, 3.05) is 26.2 Å². The standard InChI is InChI=1S/C21H22N2O9/c1-23(12-8-10-4-6-14(29-2)17(30-3)16(10)31-20(12)27)19(26)11-9-21(28)15(25)7-5-13(24)18(21)32-22-11/h4-8,13,15,18,24-25,28H,9H2,1-3H3/t13-,15-,18-,21+/m1/s1. The molecular formula is C21H22N2O9. The van der Waals surface area contributed by atoms with E-state index in [0.717, 1.165) is 4.90 Å². The zero-order valence-electron chi connectivity index (χ0n) is 17.5. The number of oxime groups is 1. The number of methoxy groups -OCH3 is 2. The predicted octanol–water partition coefficient (Wildman–Crippen LogP) is -0.0594. The minimum atomic E-state index is -1.96. The number of aliphatic hydroxyl groups is 3. The number of hydrogen-bond acceptors (Lipinski definition) is 10. The normalized spacial score (nSPS) is 26.7. The zero-order valence-corrected chi connectivity index (χ0v) is 17.5. The van der Waals surface area contributed by atoms with E-state index < -0.39 is 41.9 Å². The minimum Gasteiger partial charge on any atom is -0.493 e. The molecule has 0 spiro atoms. The molecule has 170 valence electrons. The fraction of sp³-hybridized carbons (Fsp3) is 0.381. The van der Waals surface area contributed by atoms with Gasteiger partial charge in [-0.05, 0) is 18.2 Å². The third-order valence-corrected chi connectivity index (χ3v) is 5.67. The van der Waals surface area contributed by atoms with Crippen molar-refractivity contribution in [1.29, 1.82) is 0 Å². The van der Waals surface area contributed by atoms with Crippen molar-refractivity contribution in [2.45, 2.75) is 30.3 Å². The van der Waals surface area contributed by atoms with Crippen LogP contribution in [-0.4, -0.2) is 72.1 Å². The summed E-state index contributed by atoms with van der Waals surface area (Å²) in [7, 11) is 4.20. The molecule has 3 N–H and O–H groups in total. The van der Waals surface area contributed by atoms with Gasteiger partial charge in [0.05, 0.1) is 14.2 Å². The van der Waals surface area contributed by atoms with Crippen molar-refractivity contribution in [2.24, 2.45) is 5.16 Å². The van der Waals surface area contributed by atoms with Crippen molar-refractivity contribution < 1.29 is 38.8 Å². The number of ether oxygens (including phenoxy) is 2. The molecule has 1 aromatic carbocycles. The van der Waals surface area contributed by atoms with Crippen LogP contribution in [0.4, 0.5) is 5.69 Å². The summed E-state index contributed by atoms with van der Waals surface area (Å²) in [4.78, 5) is 31.8. The van der Waals surface area contributed by atoms with Crippen LogP contribution in [0.15, 0.2) is 44.7 Å². The molecule has 2 heterocycles. The Hall–Kier alpha value is -3.41. The molecule has 0 bridgehead atoms. The molecule has 4 atom stereocenters. The largest absolute Gasteiger partial charge is 0.493 e. The first-order valence-electron chi connectivity index (χ1n) is 9.67. The molecular weight excluding hydrogens is 424 g/mol. The summed E-state index contributed by atoms with van der Waals surface area (Å²) in [5.74, 6) is -0.141. The van der Waals surface area contributed by atoms with Gasteiger partial charge in [-0.2, -0.15) is 0 Å². The molecule has 1 aliphatic heterocycles. The second kappa shape index (κ2) is 7.93. The predicted molar refractivity (Wildman–Crippen MR) is 112 cm³/mol. The van der Waals surface area contributed by atoms with E-state index >= 15 is 0 Å². The number of hydrogen-bond donors (Lipinski definition) is 3. The summed E-state index contributed by atoms with van der Waals surface area (Å²) in [6.45, 7) is 0. The van der Waals surface area contributed by atoms with Gasteiger partial charge in [0.15, 0.2) is 17.4 Å². The highest BCUT2D eigenvalue weighted by molar-refractivity contribution is 6.43. The monoisotopic (exact) mass is 446 g/mol. The van der Waals surface area contributed by atoms with Gasteiger partial charge in [-0.1, -0.05) is 17.3 Å². The number of nitrogens with zero attached hydrogens (tertiary/aromatic N) is 2. The molecule has 2 aromatic rings. The van der Waals surface area contributed by atoms with Gasteiger partial charge in [-0.15, -0.1) is 0 Å². The Kier molecular flexibility index (Phi) is 5.41. The first-order valence-corrected chi connectivity index (χ1v) is 9.67. The fourth-order valence-electron chi connectivity index (χ4n) is 3.87. The lowest BCUT2D eigenvalue weighted by Crippen LogP contribution is -2.62. The fourth-order valence-corrected chi connectivity index (χ4v) is 3.87. The van der Waals surface area contributed by atoms with Crippen LogP contribution >= 0.6 is 0 Å². The van der Waals surface area contributed by atoms with Gasteiger partial charge in [0.1, 0.15) is 29.2 Å². The van der Waals surface area contributed by atoms with Crippen LogP contribution in [-0.2, 0) is 9.63 Å². The summed E-state index contributed by atoms with van der Waals surface area (Å²) in [5, 5.41) is 35.3. The number of carbonyl (C=O) groups excluding carboxylic acids is 1. The number of fused-ring (bicyclic) bond motifs is 2. The maximum absolute atomic E-state index is 13.0. The smallest absolute Gasteiger partial charge is 0.360 e. The molecule has 2 aliphatic rings. The number of rotatable bonds is 4. The lowest BCUT2D eigenvalue weighted by molar-refractivity contribution is -0.191. The lowest BCUT2D eigenvalue weighted by atomic mass is 9.78. The third kappa shape index (κ3) is 3.30. The van der Waals surface area contributed by atoms with Crippen LogP contribution in [0.5, 0.6) is 11.5 Å². The minimum absolute atomic E-state index is 0.0874. The third-order valence-electron chi connectivity index (χ3n) is 5.67. The van der Waals surface area contributed by atoms with Gasteiger partial charge in [-0.3, -0.25) is 4.79 Å². The molecule has 1 aromatic heterocycles. The molecule has 11 nitrogen and oxygen atoms in total. The molecule has 0 fully saturated rings. The number of aliphatic hydroxyl groups excluding tert-OH is 2. The molecule has 0 saturated carbocycles. The number of anilines is 1. The van der Waals surface area contributed by atoms with Crippen molar-refractivity contribution in [1.82, 2.24) is 0 Å². The van der Waals surface area contributed by atoms with Gasteiger partial charge in [0, 0.05) is 18.9 Å². The first-order chi connectivity index (χ1) is 15.2. The number of benzene rings is 1. The van der Waals surface area contributed by atoms with Gasteiger partial charge >= 0.3 is 5.63 Å². The Balaban J connectivity index is 1.68. The van der Waals surface area contributed by atoms with E-state index in [1.807, 2.05) is 0 Å². The van der Waals surface area contributed by atoms with Crippen LogP contribution in [0, 0.1) is 0 Å². The van der Waals surface area contributed by atoms with Crippen molar-refractivity contribution in [3.05, 3.63) is 40.8 Å². The Morgan fingerprint density at radius 2 is 2.00 bits per heavy atom. The van der Waals surface area contributed by atoms with Crippen LogP contribution in [0.1, 0.15) is 6.42 Å². The second-order valence-corrected chi connectivity index (χ2v) is 7.56. The van der Waals surface area contributed by atoms with Gasteiger partial charge in [0.25, 0.3) is 5.91 Å². The van der Waals surface area contributed by atoms with E-state index in [1.165, 1.54) is 39.5 Å². The van der Waals surface area contributed by atoms with E-state index in [0.29, 0.717) is 11.1 Å². The summed E-state index contributed by atoms with van der Waals surface area (Å²) in [6.07, 6.45) is -1.72. The topological polar surface area (TPSA) is 151 Å². The van der Waals surface area contributed by atoms with E-state index in [1.54, 1.807) is 12.1 Å². The first kappa shape index (κ1) is 21.8. The summed E-state index contributed by atoms with van der Waals surface area (Å²) >= 11 is 0. The second-order valence-electron chi connectivity index (χ2n) is 7.56. The summed E-state index contributed by atoms with van der Waals surface area (Å²) in [6, 6.07) is 4.72. The van der Waals surface area contributed by atoms with Gasteiger partial charge in [-0.25, -0.2) is 4.79 Å². The van der Waals surface area contributed by atoms with Crippen molar-refractivity contribution in [3.63, 3.8) is 0 Å². The Labute approximate surface area is 181 Å². The number of amides is 1. The number of carbonyl (C=O) groups is 1. The molecule has 32 heavy (non-hydrogen) atoms. The maximum atomic E-state index is 13.0. The Morgan fingerprint density at radius 1 is 1.25 bits per heavy atom. The molecule has 0 unspecified atom stereocenters.